The van der Waals surface area contributed by atoms with Crippen LogP contribution >= 0.6 is 0 Å². The SMILES string of the molecule is CN1CCN(CCOc2ccc(-c3ccccc3C3(C#N)CC3)cc2)CC1. The van der Waals surface area contributed by atoms with Gasteiger partial charge in [-0.05, 0) is 48.7 Å². The number of ether oxygens (including phenoxy) is 1. The first kappa shape index (κ1) is 18.0. The summed E-state index contributed by atoms with van der Waals surface area (Å²) in [5, 5.41) is 9.57. The van der Waals surface area contributed by atoms with E-state index in [1.54, 1.807) is 0 Å². The first-order chi connectivity index (χ1) is 13.2. The molecular weight excluding hydrogens is 334 g/mol. The zero-order valence-corrected chi connectivity index (χ0v) is 16.0. The molecule has 0 amide bonds. The Bertz CT molecular complexity index is 812. The van der Waals surface area contributed by atoms with Crippen LogP contribution in [0.2, 0.25) is 0 Å². The molecule has 27 heavy (non-hydrogen) atoms. The molecule has 1 saturated heterocycles. The predicted molar refractivity (Wildman–Crippen MR) is 108 cm³/mol. The maximum atomic E-state index is 9.57. The number of likely N-dealkylation sites (N-methyl/N-ethyl adjacent to an activating group) is 1. The van der Waals surface area contributed by atoms with Gasteiger partial charge in [0.25, 0.3) is 0 Å². The van der Waals surface area contributed by atoms with Gasteiger partial charge in [-0.2, -0.15) is 5.26 Å². The van der Waals surface area contributed by atoms with Gasteiger partial charge in [0.15, 0.2) is 0 Å². The van der Waals surface area contributed by atoms with Crippen LogP contribution in [0.3, 0.4) is 0 Å². The van der Waals surface area contributed by atoms with E-state index in [2.05, 4.69) is 47.2 Å². The predicted octanol–water partition coefficient (Wildman–Crippen LogP) is 3.53. The van der Waals surface area contributed by atoms with Crippen LogP contribution in [-0.2, 0) is 5.41 Å². The molecule has 1 saturated carbocycles. The number of hydrogen-bond donors (Lipinski definition) is 0. The van der Waals surface area contributed by atoms with Gasteiger partial charge in [0, 0.05) is 32.7 Å². The molecule has 2 aromatic rings. The highest BCUT2D eigenvalue weighted by Crippen LogP contribution is 2.50. The average Bonchev–Trinajstić information content (AvgIpc) is 3.51. The molecule has 0 bridgehead atoms. The van der Waals surface area contributed by atoms with Crippen molar-refractivity contribution >= 4 is 0 Å². The zero-order chi connectivity index (χ0) is 18.7. The van der Waals surface area contributed by atoms with E-state index in [1.165, 1.54) is 5.56 Å². The van der Waals surface area contributed by atoms with Gasteiger partial charge in [-0.3, -0.25) is 4.90 Å². The minimum atomic E-state index is -0.270. The third kappa shape index (κ3) is 4.00. The van der Waals surface area contributed by atoms with Gasteiger partial charge in [-0.1, -0.05) is 36.4 Å². The Hall–Kier alpha value is -2.35. The first-order valence-corrected chi connectivity index (χ1v) is 9.85. The Kier molecular flexibility index (Phi) is 5.15. The van der Waals surface area contributed by atoms with E-state index >= 15 is 0 Å². The third-order valence-electron chi connectivity index (χ3n) is 5.84. The molecule has 0 unspecified atom stereocenters. The molecule has 4 heteroatoms. The first-order valence-electron chi connectivity index (χ1n) is 9.85. The molecule has 0 N–H and O–H groups in total. The van der Waals surface area contributed by atoms with Gasteiger partial charge in [-0.15, -0.1) is 0 Å². The number of piperazine rings is 1. The van der Waals surface area contributed by atoms with Crippen molar-refractivity contribution in [2.45, 2.75) is 18.3 Å². The molecule has 2 aliphatic rings. The van der Waals surface area contributed by atoms with E-state index in [4.69, 9.17) is 4.74 Å². The molecule has 1 aliphatic carbocycles. The lowest BCUT2D eigenvalue weighted by molar-refractivity contribution is 0.134. The maximum absolute atomic E-state index is 9.57. The van der Waals surface area contributed by atoms with Crippen LogP contribution in [0.5, 0.6) is 5.75 Å². The summed E-state index contributed by atoms with van der Waals surface area (Å²) >= 11 is 0. The fourth-order valence-corrected chi connectivity index (χ4v) is 3.81. The largest absolute Gasteiger partial charge is 0.492 e. The zero-order valence-electron chi connectivity index (χ0n) is 16.0. The van der Waals surface area contributed by atoms with Gasteiger partial charge in [0.05, 0.1) is 11.5 Å². The number of nitrogens with zero attached hydrogens (tertiary/aromatic N) is 3. The Morgan fingerprint density at radius 2 is 1.70 bits per heavy atom. The maximum Gasteiger partial charge on any atom is 0.119 e. The third-order valence-corrected chi connectivity index (χ3v) is 5.84. The van der Waals surface area contributed by atoms with Crippen LogP contribution in [-0.4, -0.2) is 56.2 Å². The number of nitriles is 1. The molecule has 0 atom stereocenters. The summed E-state index contributed by atoms with van der Waals surface area (Å²) in [6.45, 7) is 6.21. The molecule has 4 nitrogen and oxygen atoms in total. The molecule has 0 radical (unpaired) electrons. The lowest BCUT2D eigenvalue weighted by Crippen LogP contribution is -2.45. The van der Waals surface area contributed by atoms with E-state index < -0.39 is 0 Å². The standard InChI is InChI=1S/C23H27N3O/c1-25-12-14-26(15-13-25)16-17-27-20-8-6-19(7-9-20)21-4-2-3-5-22(21)23(18-24)10-11-23/h2-9H,10-17H2,1H3. The van der Waals surface area contributed by atoms with Crippen molar-refractivity contribution in [2.24, 2.45) is 0 Å². The van der Waals surface area contributed by atoms with Crippen LogP contribution in [0.4, 0.5) is 0 Å². The Morgan fingerprint density at radius 3 is 2.37 bits per heavy atom. The van der Waals surface area contributed by atoms with Crippen LogP contribution in [0.25, 0.3) is 11.1 Å². The Labute approximate surface area is 162 Å². The molecule has 2 aromatic carbocycles. The monoisotopic (exact) mass is 361 g/mol. The van der Waals surface area contributed by atoms with Crippen molar-refractivity contribution in [3.05, 3.63) is 54.1 Å². The van der Waals surface area contributed by atoms with Crippen molar-refractivity contribution in [2.75, 3.05) is 46.4 Å². The van der Waals surface area contributed by atoms with Gasteiger partial charge < -0.3 is 9.64 Å². The van der Waals surface area contributed by atoms with Gasteiger partial charge in [-0.25, -0.2) is 0 Å². The molecule has 140 valence electrons. The summed E-state index contributed by atoms with van der Waals surface area (Å²) < 4.78 is 5.95. The highest BCUT2D eigenvalue weighted by atomic mass is 16.5. The Balaban J connectivity index is 1.38. The quantitative estimate of drug-likeness (QED) is 0.789. The second kappa shape index (κ2) is 7.72. The van der Waals surface area contributed by atoms with E-state index in [1.807, 2.05) is 24.3 Å². The van der Waals surface area contributed by atoms with Crippen LogP contribution < -0.4 is 4.74 Å². The minimum Gasteiger partial charge on any atom is -0.492 e. The van der Waals surface area contributed by atoms with E-state index in [0.29, 0.717) is 0 Å². The summed E-state index contributed by atoms with van der Waals surface area (Å²) in [5.74, 6) is 0.909. The number of benzene rings is 2. The van der Waals surface area contributed by atoms with Crippen molar-refractivity contribution in [1.82, 2.24) is 9.80 Å². The minimum absolute atomic E-state index is 0.270. The van der Waals surface area contributed by atoms with Gasteiger partial charge in [0.1, 0.15) is 12.4 Å². The fourth-order valence-electron chi connectivity index (χ4n) is 3.81. The molecule has 1 heterocycles. The normalized spacial score (nSPS) is 19.4. The average molecular weight is 361 g/mol. The number of hydrogen-bond acceptors (Lipinski definition) is 4. The molecule has 4 rings (SSSR count). The summed E-state index contributed by atoms with van der Waals surface area (Å²) in [7, 11) is 2.18. The van der Waals surface area contributed by atoms with E-state index in [0.717, 1.165) is 69.0 Å². The lowest BCUT2D eigenvalue weighted by Gasteiger charge is -2.32. The molecular formula is C23H27N3O. The van der Waals surface area contributed by atoms with Gasteiger partial charge >= 0.3 is 0 Å². The summed E-state index contributed by atoms with van der Waals surface area (Å²) in [6, 6.07) is 19.1. The summed E-state index contributed by atoms with van der Waals surface area (Å²) in [5.41, 5.74) is 3.21. The van der Waals surface area contributed by atoms with Crippen molar-refractivity contribution in [3.8, 4) is 22.9 Å². The Morgan fingerprint density at radius 1 is 1.00 bits per heavy atom. The van der Waals surface area contributed by atoms with Gasteiger partial charge in [0.2, 0.25) is 0 Å². The molecule has 0 aromatic heterocycles. The fraction of sp³-hybridized carbons (Fsp3) is 0.435. The second-order valence-electron chi connectivity index (χ2n) is 7.76. The molecule has 0 spiro atoms. The van der Waals surface area contributed by atoms with Crippen molar-refractivity contribution in [1.29, 1.82) is 5.26 Å². The lowest BCUT2D eigenvalue weighted by atomic mass is 9.89. The second-order valence-corrected chi connectivity index (χ2v) is 7.76. The smallest absolute Gasteiger partial charge is 0.119 e. The highest BCUT2D eigenvalue weighted by molar-refractivity contribution is 5.71. The molecule has 1 aliphatic heterocycles. The van der Waals surface area contributed by atoms with Crippen LogP contribution in [0.15, 0.2) is 48.5 Å². The highest BCUT2D eigenvalue weighted by Gasteiger charge is 2.46. The molecule has 2 fully saturated rings. The van der Waals surface area contributed by atoms with Crippen molar-refractivity contribution < 1.29 is 4.74 Å². The van der Waals surface area contributed by atoms with Crippen molar-refractivity contribution in [3.63, 3.8) is 0 Å². The van der Waals surface area contributed by atoms with Crippen LogP contribution in [0, 0.1) is 11.3 Å². The topological polar surface area (TPSA) is 39.5 Å². The van der Waals surface area contributed by atoms with Crippen LogP contribution in [0.1, 0.15) is 18.4 Å². The van der Waals surface area contributed by atoms with E-state index in [9.17, 15) is 5.26 Å². The summed E-state index contributed by atoms with van der Waals surface area (Å²) in [6.07, 6.45) is 1.93. The number of rotatable bonds is 6. The van der Waals surface area contributed by atoms with E-state index in [-0.39, 0.29) is 5.41 Å². The summed E-state index contributed by atoms with van der Waals surface area (Å²) in [4.78, 5) is 4.83.